The highest BCUT2D eigenvalue weighted by molar-refractivity contribution is 5.82. The van der Waals surface area contributed by atoms with Crippen LogP contribution in [0.5, 0.6) is 0 Å². The molecule has 2 aromatic rings. The maximum absolute atomic E-state index is 12.1. The minimum atomic E-state index is -0.172. The number of amides is 1. The second kappa shape index (κ2) is 5.83. The molecule has 0 unspecified atom stereocenters. The van der Waals surface area contributed by atoms with Gasteiger partial charge in [0.25, 0.3) is 0 Å². The monoisotopic (exact) mass is 288 g/mol. The molecule has 6 nitrogen and oxygen atoms in total. The third-order valence-electron chi connectivity index (χ3n) is 3.83. The summed E-state index contributed by atoms with van der Waals surface area (Å²) in [7, 11) is 1.67. The van der Waals surface area contributed by atoms with Crippen LogP contribution in [0.2, 0.25) is 0 Å². The van der Waals surface area contributed by atoms with Crippen LogP contribution in [-0.4, -0.2) is 41.1 Å². The van der Waals surface area contributed by atoms with Crippen LogP contribution in [0.15, 0.2) is 24.5 Å². The summed E-state index contributed by atoms with van der Waals surface area (Å²) < 4.78 is 7.22. The predicted molar refractivity (Wildman–Crippen MR) is 79.0 cm³/mol. The molecule has 2 N–H and O–H groups in total. The molecule has 0 aliphatic carbocycles. The SMILES string of the molecule is CO[C@@H]1CN[C@H](C(=O)NCc2cn3cc(C)ccc3n2)C1. The summed E-state index contributed by atoms with van der Waals surface area (Å²) in [5.74, 6) is 0.00258. The molecule has 21 heavy (non-hydrogen) atoms. The van der Waals surface area contributed by atoms with E-state index < -0.39 is 0 Å². The van der Waals surface area contributed by atoms with E-state index >= 15 is 0 Å². The number of nitrogens with zero attached hydrogens (tertiary/aromatic N) is 2. The van der Waals surface area contributed by atoms with E-state index in [-0.39, 0.29) is 18.1 Å². The smallest absolute Gasteiger partial charge is 0.237 e. The lowest BCUT2D eigenvalue weighted by molar-refractivity contribution is -0.123. The number of ether oxygens (including phenoxy) is 1. The first-order valence-corrected chi connectivity index (χ1v) is 7.14. The first kappa shape index (κ1) is 14.0. The van der Waals surface area contributed by atoms with E-state index in [0.29, 0.717) is 13.0 Å². The maximum atomic E-state index is 12.1. The molecular weight excluding hydrogens is 268 g/mol. The van der Waals surface area contributed by atoms with Crippen molar-refractivity contribution in [1.82, 2.24) is 20.0 Å². The number of hydrogen-bond acceptors (Lipinski definition) is 4. The number of imidazole rings is 1. The van der Waals surface area contributed by atoms with Crippen molar-refractivity contribution < 1.29 is 9.53 Å². The van der Waals surface area contributed by atoms with Gasteiger partial charge in [-0.15, -0.1) is 0 Å². The van der Waals surface area contributed by atoms with Crippen molar-refractivity contribution in [2.75, 3.05) is 13.7 Å². The fraction of sp³-hybridized carbons (Fsp3) is 0.467. The number of carbonyl (C=O) groups excluding carboxylic acids is 1. The van der Waals surface area contributed by atoms with Crippen molar-refractivity contribution in [2.45, 2.75) is 32.0 Å². The molecule has 0 radical (unpaired) electrons. The van der Waals surface area contributed by atoms with E-state index in [4.69, 9.17) is 4.74 Å². The van der Waals surface area contributed by atoms with Gasteiger partial charge in [0, 0.05) is 26.0 Å². The zero-order chi connectivity index (χ0) is 14.8. The van der Waals surface area contributed by atoms with E-state index in [2.05, 4.69) is 15.6 Å². The van der Waals surface area contributed by atoms with Crippen molar-refractivity contribution in [3.8, 4) is 0 Å². The Morgan fingerprint density at radius 3 is 3.14 bits per heavy atom. The summed E-state index contributed by atoms with van der Waals surface area (Å²) in [6, 6.07) is 3.83. The van der Waals surface area contributed by atoms with Crippen LogP contribution >= 0.6 is 0 Å². The zero-order valence-corrected chi connectivity index (χ0v) is 12.3. The van der Waals surface area contributed by atoms with Gasteiger partial charge in [-0.25, -0.2) is 4.98 Å². The Bertz CT molecular complexity index is 652. The Kier molecular flexibility index (Phi) is 3.90. The number of carbonyl (C=O) groups is 1. The van der Waals surface area contributed by atoms with Crippen LogP contribution in [-0.2, 0) is 16.1 Å². The minimum Gasteiger partial charge on any atom is -0.380 e. The molecule has 2 atom stereocenters. The lowest BCUT2D eigenvalue weighted by atomic mass is 10.2. The number of aryl methyl sites for hydroxylation is 1. The van der Waals surface area contributed by atoms with E-state index in [1.807, 2.05) is 35.9 Å². The highest BCUT2D eigenvalue weighted by Gasteiger charge is 2.29. The van der Waals surface area contributed by atoms with Gasteiger partial charge in [-0.2, -0.15) is 0 Å². The van der Waals surface area contributed by atoms with Gasteiger partial charge in [0.05, 0.1) is 24.4 Å². The topological polar surface area (TPSA) is 67.7 Å². The zero-order valence-electron chi connectivity index (χ0n) is 12.3. The van der Waals surface area contributed by atoms with Crippen LogP contribution in [0.1, 0.15) is 17.7 Å². The van der Waals surface area contributed by atoms with Gasteiger partial charge in [-0.3, -0.25) is 4.79 Å². The van der Waals surface area contributed by atoms with Crippen LogP contribution in [0.4, 0.5) is 0 Å². The third-order valence-corrected chi connectivity index (χ3v) is 3.83. The lowest BCUT2D eigenvalue weighted by Gasteiger charge is -2.10. The molecule has 3 heterocycles. The van der Waals surface area contributed by atoms with Crippen molar-refractivity contribution in [3.05, 3.63) is 35.8 Å². The molecule has 0 aromatic carbocycles. The van der Waals surface area contributed by atoms with Crippen LogP contribution in [0, 0.1) is 6.92 Å². The Hall–Kier alpha value is -1.92. The van der Waals surface area contributed by atoms with E-state index in [1.54, 1.807) is 7.11 Å². The van der Waals surface area contributed by atoms with E-state index in [1.165, 1.54) is 5.56 Å². The van der Waals surface area contributed by atoms with Gasteiger partial charge in [0.2, 0.25) is 5.91 Å². The highest BCUT2D eigenvalue weighted by atomic mass is 16.5. The lowest BCUT2D eigenvalue weighted by Crippen LogP contribution is -2.40. The molecule has 1 fully saturated rings. The molecule has 0 saturated carbocycles. The summed E-state index contributed by atoms with van der Waals surface area (Å²) in [5, 5.41) is 6.09. The number of nitrogens with one attached hydrogen (secondary N) is 2. The highest BCUT2D eigenvalue weighted by Crippen LogP contribution is 2.10. The quantitative estimate of drug-likeness (QED) is 0.866. The van der Waals surface area contributed by atoms with E-state index in [9.17, 15) is 4.79 Å². The molecule has 3 rings (SSSR count). The van der Waals surface area contributed by atoms with Crippen LogP contribution in [0.25, 0.3) is 5.65 Å². The molecule has 1 aliphatic heterocycles. The van der Waals surface area contributed by atoms with Gasteiger partial charge in [-0.1, -0.05) is 6.07 Å². The molecule has 1 saturated heterocycles. The fourth-order valence-corrected chi connectivity index (χ4v) is 2.62. The number of hydrogen-bond donors (Lipinski definition) is 2. The summed E-state index contributed by atoms with van der Waals surface area (Å²) in [6.45, 7) is 3.20. The van der Waals surface area contributed by atoms with Crippen LogP contribution < -0.4 is 10.6 Å². The average molecular weight is 288 g/mol. The first-order valence-electron chi connectivity index (χ1n) is 7.14. The standard InChI is InChI=1S/C15H20N4O2/c1-10-3-4-14-18-11(9-19(14)8-10)6-17-15(20)13-5-12(21-2)7-16-13/h3-4,8-9,12-13,16H,5-7H2,1-2H3,(H,17,20)/t12-,13-/m0/s1. The Morgan fingerprint density at radius 1 is 1.52 bits per heavy atom. The molecule has 1 amide bonds. The fourth-order valence-electron chi connectivity index (χ4n) is 2.62. The summed E-state index contributed by atoms with van der Waals surface area (Å²) in [6.07, 6.45) is 4.81. The molecular formula is C15H20N4O2. The van der Waals surface area contributed by atoms with Gasteiger partial charge in [-0.05, 0) is 25.0 Å². The van der Waals surface area contributed by atoms with Gasteiger partial charge in [0.15, 0.2) is 0 Å². The number of rotatable bonds is 4. The van der Waals surface area contributed by atoms with Gasteiger partial charge in [0.1, 0.15) is 5.65 Å². The van der Waals surface area contributed by atoms with Gasteiger partial charge < -0.3 is 19.8 Å². The Labute approximate surface area is 123 Å². The summed E-state index contributed by atoms with van der Waals surface area (Å²) in [4.78, 5) is 16.6. The second-order valence-corrected chi connectivity index (χ2v) is 5.48. The molecule has 112 valence electrons. The number of aromatic nitrogens is 2. The van der Waals surface area contributed by atoms with Crippen LogP contribution in [0.3, 0.4) is 0 Å². The molecule has 2 aromatic heterocycles. The summed E-state index contributed by atoms with van der Waals surface area (Å²) in [5.41, 5.74) is 2.93. The van der Waals surface area contributed by atoms with E-state index in [0.717, 1.165) is 17.9 Å². The second-order valence-electron chi connectivity index (χ2n) is 5.48. The molecule has 0 spiro atoms. The molecule has 0 bridgehead atoms. The largest absolute Gasteiger partial charge is 0.380 e. The number of methoxy groups -OCH3 is 1. The maximum Gasteiger partial charge on any atom is 0.237 e. The molecule has 6 heteroatoms. The van der Waals surface area contributed by atoms with Crippen molar-refractivity contribution in [1.29, 1.82) is 0 Å². The van der Waals surface area contributed by atoms with Crippen molar-refractivity contribution in [3.63, 3.8) is 0 Å². The molecule has 1 aliphatic rings. The third kappa shape index (κ3) is 3.06. The predicted octanol–water partition coefficient (Wildman–Crippen LogP) is 0.636. The number of pyridine rings is 1. The van der Waals surface area contributed by atoms with Crippen molar-refractivity contribution >= 4 is 11.6 Å². The Morgan fingerprint density at radius 2 is 2.38 bits per heavy atom. The van der Waals surface area contributed by atoms with Gasteiger partial charge >= 0.3 is 0 Å². The number of fused-ring (bicyclic) bond motifs is 1. The minimum absolute atomic E-state index is 0.00258. The first-order chi connectivity index (χ1) is 10.2. The Balaban J connectivity index is 1.60. The average Bonchev–Trinajstić information content (AvgIpc) is 3.10. The normalized spacial score (nSPS) is 21.8. The van der Waals surface area contributed by atoms with Crippen molar-refractivity contribution in [2.24, 2.45) is 0 Å². The summed E-state index contributed by atoms with van der Waals surface area (Å²) >= 11 is 0.